The Labute approximate surface area is 271 Å². The van der Waals surface area contributed by atoms with E-state index in [0.29, 0.717) is 22.2 Å². The van der Waals surface area contributed by atoms with Gasteiger partial charge in [0, 0.05) is 24.6 Å². The number of nitrogens with one attached hydrogen (secondary N) is 2. The molecular formula is C30H32F4N6O5S2. The molecule has 47 heavy (non-hydrogen) atoms. The first-order valence-electron chi connectivity index (χ1n) is 14.9. The second-order valence-corrected chi connectivity index (χ2v) is 14.8. The summed E-state index contributed by atoms with van der Waals surface area (Å²) in [5.41, 5.74) is 2.67. The largest absolute Gasteiger partial charge is 0.411 e. The number of rotatable bonds is 12. The molecule has 3 aromatic heterocycles. The fraction of sp³-hybridized carbons (Fsp3) is 0.467. The Bertz CT molecular complexity index is 1850. The number of aromatic nitrogens is 4. The standard InChI is InChI=1S/C30H32F4N6O5S2/c1-15-22(28-39-24-21(46-28)8-9-35-23(24)16-2-3-16)27(40-29(37-15)36-10-11-45-14-30(32,33)34)38-20-12-17(25(41)26(20)42)13-47(43,44)19-6-4-18(31)5-7-19/h4-9,16-17,20,25-26,41-42H,2-3,10-14H2,1H3,(H2,36,37,38,40)/t17-,20-,25-,26+/m1/s1. The maximum absolute atomic E-state index is 13.4. The number of aliphatic hydroxyl groups is 2. The van der Waals surface area contributed by atoms with E-state index in [1.54, 1.807) is 13.1 Å². The second kappa shape index (κ2) is 13.2. The van der Waals surface area contributed by atoms with Gasteiger partial charge in [-0.2, -0.15) is 18.2 Å². The third-order valence-electron chi connectivity index (χ3n) is 8.13. The molecule has 0 aliphatic heterocycles. The van der Waals surface area contributed by atoms with Crippen molar-refractivity contribution in [1.82, 2.24) is 19.9 Å². The quantitative estimate of drug-likeness (QED) is 0.0942. The molecule has 2 aliphatic rings. The van der Waals surface area contributed by atoms with Gasteiger partial charge in [-0.15, -0.1) is 11.3 Å². The Morgan fingerprint density at radius 3 is 2.51 bits per heavy atom. The smallest absolute Gasteiger partial charge is 0.390 e. The van der Waals surface area contributed by atoms with Crippen molar-refractivity contribution in [2.45, 2.75) is 61.4 Å². The Morgan fingerprint density at radius 2 is 1.81 bits per heavy atom. The molecule has 1 aromatic carbocycles. The predicted molar refractivity (Wildman–Crippen MR) is 167 cm³/mol. The Balaban J connectivity index is 1.28. The molecule has 0 spiro atoms. The first-order chi connectivity index (χ1) is 22.3. The van der Waals surface area contributed by atoms with Crippen LogP contribution in [0, 0.1) is 18.7 Å². The van der Waals surface area contributed by atoms with Crippen molar-refractivity contribution in [2.75, 3.05) is 36.1 Å². The molecule has 2 aliphatic carbocycles. The number of sulfone groups is 1. The molecule has 2 fully saturated rings. The van der Waals surface area contributed by atoms with Gasteiger partial charge < -0.3 is 25.6 Å². The number of fused-ring (bicyclic) bond motifs is 1. The van der Waals surface area contributed by atoms with Crippen LogP contribution in [0.5, 0.6) is 0 Å². The predicted octanol–water partition coefficient (Wildman–Crippen LogP) is 4.46. The minimum Gasteiger partial charge on any atom is -0.390 e. The number of aliphatic hydroxyl groups excluding tert-OH is 2. The van der Waals surface area contributed by atoms with Crippen LogP contribution in [0.15, 0.2) is 41.4 Å². The number of benzene rings is 1. The number of anilines is 2. The molecule has 0 unspecified atom stereocenters. The highest BCUT2D eigenvalue weighted by Crippen LogP contribution is 2.44. The molecule has 17 heteroatoms. The van der Waals surface area contributed by atoms with Gasteiger partial charge >= 0.3 is 6.18 Å². The van der Waals surface area contributed by atoms with Gasteiger partial charge in [-0.3, -0.25) is 4.98 Å². The fourth-order valence-electron chi connectivity index (χ4n) is 5.70. The van der Waals surface area contributed by atoms with Crippen molar-refractivity contribution < 1.29 is 40.9 Å². The van der Waals surface area contributed by atoms with Gasteiger partial charge in [0.1, 0.15) is 34.9 Å². The van der Waals surface area contributed by atoms with Crippen LogP contribution in [0.3, 0.4) is 0 Å². The highest BCUT2D eigenvalue weighted by atomic mass is 32.2. The zero-order valence-electron chi connectivity index (χ0n) is 25.0. The molecule has 0 saturated heterocycles. The summed E-state index contributed by atoms with van der Waals surface area (Å²) in [5, 5.41) is 28.5. The van der Waals surface area contributed by atoms with E-state index in [2.05, 4.69) is 30.3 Å². The number of hydrogen-bond donors (Lipinski definition) is 4. The summed E-state index contributed by atoms with van der Waals surface area (Å²) in [6.45, 7) is 0.0339. The Hall–Kier alpha value is -3.51. The van der Waals surface area contributed by atoms with Gasteiger partial charge in [-0.1, -0.05) is 0 Å². The summed E-state index contributed by atoms with van der Waals surface area (Å²) in [4.78, 5) is 18.4. The Morgan fingerprint density at radius 1 is 1.06 bits per heavy atom. The van der Waals surface area contributed by atoms with Crippen molar-refractivity contribution in [3.63, 3.8) is 0 Å². The number of halogens is 4. The number of aryl methyl sites for hydroxylation is 1. The number of ether oxygens (including phenoxy) is 1. The maximum atomic E-state index is 13.4. The SMILES string of the molecule is Cc1nc(NCCOCC(F)(F)F)nc(N[C@@H]2C[C@H](CS(=O)(=O)c3ccc(F)cc3)[C@@H](O)[C@H]2O)c1-c1nc2c(C3CC3)nccc2s1. The summed E-state index contributed by atoms with van der Waals surface area (Å²) in [6.07, 6.45) is -3.38. The van der Waals surface area contributed by atoms with Crippen LogP contribution >= 0.6 is 11.3 Å². The molecule has 0 bridgehead atoms. The normalized spacial score (nSPS) is 21.8. The molecule has 4 aromatic rings. The second-order valence-electron chi connectivity index (χ2n) is 11.8. The van der Waals surface area contributed by atoms with Gasteiger partial charge in [-0.25, -0.2) is 22.8 Å². The van der Waals surface area contributed by atoms with Crippen LogP contribution < -0.4 is 10.6 Å². The minimum atomic E-state index is -4.46. The van der Waals surface area contributed by atoms with E-state index in [4.69, 9.17) is 4.98 Å². The molecule has 6 rings (SSSR count). The van der Waals surface area contributed by atoms with E-state index in [9.17, 15) is 36.2 Å². The van der Waals surface area contributed by atoms with Crippen LogP contribution in [-0.2, 0) is 14.6 Å². The number of alkyl halides is 3. The maximum Gasteiger partial charge on any atom is 0.411 e. The summed E-state index contributed by atoms with van der Waals surface area (Å²) >= 11 is 1.40. The zero-order chi connectivity index (χ0) is 33.5. The molecular weight excluding hydrogens is 664 g/mol. The van der Waals surface area contributed by atoms with Crippen LogP contribution in [0.1, 0.15) is 36.6 Å². The van der Waals surface area contributed by atoms with Gasteiger partial charge in [-0.05, 0) is 56.5 Å². The number of hydrogen-bond acceptors (Lipinski definition) is 12. The topological polar surface area (TPSA) is 159 Å². The van der Waals surface area contributed by atoms with E-state index >= 15 is 0 Å². The van der Waals surface area contributed by atoms with Gasteiger partial charge in [0.15, 0.2) is 9.84 Å². The van der Waals surface area contributed by atoms with Crippen molar-refractivity contribution >= 4 is 43.2 Å². The molecule has 0 radical (unpaired) electrons. The lowest BCUT2D eigenvalue weighted by Gasteiger charge is -2.21. The average molecular weight is 697 g/mol. The lowest BCUT2D eigenvalue weighted by molar-refractivity contribution is -0.172. The molecule has 2 saturated carbocycles. The van der Waals surface area contributed by atoms with E-state index in [0.717, 1.165) is 53.0 Å². The first kappa shape index (κ1) is 33.4. The van der Waals surface area contributed by atoms with Crippen LogP contribution in [0.2, 0.25) is 0 Å². The van der Waals surface area contributed by atoms with E-state index < -0.39 is 58.4 Å². The average Bonchev–Trinajstić information content (AvgIpc) is 3.71. The van der Waals surface area contributed by atoms with Crippen LogP contribution in [0.4, 0.5) is 29.3 Å². The number of pyridine rings is 1. The first-order valence-corrected chi connectivity index (χ1v) is 17.4. The highest BCUT2D eigenvalue weighted by Gasteiger charge is 2.44. The van der Waals surface area contributed by atoms with Crippen molar-refractivity contribution in [3.05, 3.63) is 53.7 Å². The van der Waals surface area contributed by atoms with Crippen molar-refractivity contribution in [1.29, 1.82) is 0 Å². The lowest BCUT2D eigenvalue weighted by Crippen LogP contribution is -2.36. The van der Waals surface area contributed by atoms with E-state index in [-0.39, 0.29) is 36.2 Å². The summed E-state index contributed by atoms with van der Waals surface area (Å²) in [6, 6.07) is 5.41. The lowest BCUT2D eigenvalue weighted by atomic mass is 10.1. The summed E-state index contributed by atoms with van der Waals surface area (Å²) in [5.74, 6) is -1.28. The zero-order valence-corrected chi connectivity index (χ0v) is 26.7. The summed E-state index contributed by atoms with van der Waals surface area (Å²) < 4.78 is 82.5. The monoisotopic (exact) mass is 696 g/mol. The van der Waals surface area contributed by atoms with Crippen molar-refractivity contribution in [2.24, 2.45) is 5.92 Å². The summed E-state index contributed by atoms with van der Waals surface area (Å²) in [7, 11) is -3.92. The molecule has 11 nitrogen and oxygen atoms in total. The number of thiazole rings is 1. The van der Waals surface area contributed by atoms with E-state index in [1.807, 2.05) is 6.07 Å². The molecule has 0 amide bonds. The molecule has 252 valence electrons. The van der Waals surface area contributed by atoms with Gasteiger partial charge in [0.2, 0.25) is 5.95 Å². The minimum absolute atomic E-state index is 0.0278. The molecule has 3 heterocycles. The third kappa shape index (κ3) is 7.64. The fourth-order valence-corrected chi connectivity index (χ4v) is 8.41. The Kier molecular flexibility index (Phi) is 9.37. The molecule has 4 atom stereocenters. The number of nitrogens with zero attached hydrogens (tertiary/aromatic N) is 4. The van der Waals surface area contributed by atoms with Gasteiger partial charge in [0.05, 0.1) is 51.1 Å². The van der Waals surface area contributed by atoms with Crippen LogP contribution in [0.25, 0.3) is 20.8 Å². The van der Waals surface area contributed by atoms with E-state index in [1.165, 1.54) is 11.3 Å². The van der Waals surface area contributed by atoms with Gasteiger partial charge in [0.25, 0.3) is 0 Å². The van der Waals surface area contributed by atoms with Crippen LogP contribution in [-0.4, -0.2) is 88.5 Å². The third-order valence-corrected chi connectivity index (χ3v) is 11.0. The molecule has 4 N–H and O–H groups in total. The van der Waals surface area contributed by atoms with Crippen molar-refractivity contribution in [3.8, 4) is 10.6 Å². The highest BCUT2D eigenvalue weighted by molar-refractivity contribution is 7.91.